The molecule has 1 nitrogen and oxygen atoms in total. The largest absolute Gasteiger partial charge is 0.398 e. The van der Waals surface area contributed by atoms with Gasteiger partial charge in [0.25, 0.3) is 0 Å². The Balaban J connectivity index is 2.64. The minimum Gasteiger partial charge on any atom is -0.398 e. The lowest BCUT2D eigenvalue weighted by atomic mass is 10.1. The summed E-state index contributed by atoms with van der Waals surface area (Å²) < 4.78 is 13.0. The minimum atomic E-state index is -0.128. The van der Waals surface area contributed by atoms with Crippen molar-refractivity contribution in [3.05, 3.63) is 23.5 Å². The van der Waals surface area contributed by atoms with Gasteiger partial charge in [-0.25, -0.2) is 4.39 Å². The molecule has 0 saturated carbocycles. The summed E-state index contributed by atoms with van der Waals surface area (Å²) in [6.07, 6.45) is 0.906. The highest BCUT2D eigenvalue weighted by Gasteiger charge is 2.17. The number of benzene rings is 1. The monoisotopic (exact) mass is 169 g/mol. The van der Waals surface area contributed by atoms with E-state index in [1.165, 1.54) is 6.07 Å². The molecule has 11 heavy (non-hydrogen) atoms. The van der Waals surface area contributed by atoms with E-state index in [1.807, 2.05) is 0 Å². The van der Waals surface area contributed by atoms with Crippen LogP contribution < -0.4 is 5.73 Å². The Labute approximate surface area is 68.8 Å². The van der Waals surface area contributed by atoms with Crippen molar-refractivity contribution in [1.29, 1.82) is 0 Å². The van der Waals surface area contributed by atoms with E-state index in [4.69, 9.17) is 5.73 Å². The standard InChI is InChI=1S/C8H8FNS/c9-6-1-2-7(10)5-3-4-11-8(5)6/h1-2H,3-4,10H2. The molecule has 3 heteroatoms. The Kier molecular flexibility index (Phi) is 1.53. The van der Waals surface area contributed by atoms with E-state index in [-0.39, 0.29) is 5.82 Å². The molecule has 0 saturated heterocycles. The molecule has 2 rings (SSSR count). The van der Waals surface area contributed by atoms with E-state index in [2.05, 4.69) is 0 Å². The van der Waals surface area contributed by atoms with Crippen molar-refractivity contribution in [2.45, 2.75) is 11.3 Å². The fourth-order valence-corrected chi connectivity index (χ4v) is 2.39. The van der Waals surface area contributed by atoms with Crippen LogP contribution in [0.5, 0.6) is 0 Å². The van der Waals surface area contributed by atoms with E-state index < -0.39 is 0 Å². The molecule has 0 spiro atoms. The van der Waals surface area contributed by atoms with Crippen LogP contribution in [-0.4, -0.2) is 5.75 Å². The fourth-order valence-electron chi connectivity index (χ4n) is 1.28. The molecule has 0 amide bonds. The molecular weight excluding hydrogens is 161 g/mol. The molecular formula is C8H8FNS. The van der Waals surface area contributed by atoms with E-state index in [9.17, 15) is 4.39 Å². The van der Waals surface area contributed by atoms with Crippen LogP contribution in [0.3, 0.4) is 0 Å². The number of nitrogens with two attached hydrogens (primary N) is 1. The summed E-state index contributed by atoms with van der Waals surface area (Å²) in [5.41, 5.74) is 7.38. The average Bonchev–Trinajstić information content (AvgIpc) is 2.45. The van der Waals surface area contributed by atoms with Crippen molar-refractivity contribution in [3.8, 4) is 0 Å². The predicted octanol–water partition coefficient (Wildman–Crippen LogP) is 2.06. The minimum absolute atomic E-state index is 0.128. The summed E-state index contributed by atoms with van der Waals surface area (Å²) in [5, 5.41) is 0. The number of thioether (sulfide) groups is 1. The molecule has 1 aliphatic heterocycles. The number of halogens is 1. The van der Waals surface area contributed by atoms with Crippen LogP contribution in [0.1, 0.15) is 5.56 Å². The SMILES string of the molecule is Nc1ccc(F)c2c1CCS2. The number of hydrogen-bond donors (Lipinski definition) is 1. The summed E-state index contributed by atoms with van der Waals surface area (Å²) in [4.78, 5) is 0.755. The maximum Gasteiger partial charge on any atom is 0.137 e. The number of rotatable bonds is 0. The van der Waals surface area contributed by atoms with Gasteiger partial charge in [0.15, 0.2) is 0 Å². The fraction of sp³-hybridized carbons (Fsp3) is 0.250. The van der Waals surface area contributed by atoms with Gasteiger partial charge in [0.1, 0.15) is 5.82 Å². The summed E-state index contributed by atoms with van der Waals surface area (Å²) in [6, 6.07) is 3.08. The van der Waals surface area contributed by atoms with Crippen molar-refractivity contribution in [2.24, 2.45) is 0 Å². The summed E-state index contributed by atoms with van der Waals surface area (Å²) in [7, 11) is 0. The highest BCUT2D eigenvalue weighted by Crippen LogP contribution is 2.36. The quantitative estimate of drug-likeness (QED) is 0.601. The first kappa shape index (κ1) is 6.98. The molecule has 0 radical (unpaired) electrons. The first-order valence-corrected chi connectivity index (χ1v) is 4.47. The topological polar surface area (TPSA) is 26.0 Å². The molecule has 58 valence electrons. The zero-order valence-corrected chi connectivity index (χ0v) is 6.75. The molecule has 1 aliphatic rings. The maximum atomic E-state index is 13.0. The van der Waals surface area contributed by atoms with E-state index in [0.29, 0.717) is 0 Å². The zero-order chi connectivity index (χ0) is 7.84. The second kappa shape index (κ2) is 2.41. The smallest absolute Gasteiger partial charge is 0.137 e. The Morgan fingerprint density at radius 3 is 3.00 bits per heavy atom. The summed E-state index contributed by atoms with van der Waals surface area (Å²) in [6.45, 7) is 0. The highest BCUT2D eigenvalue weighted by molar-refractivity contribution is 7.99. The molecule has 1 aromatic rings. The Bertz CT molecular complexity index is 269. The van der Waals surface area contributed by atoms with Crippen LogP contribution in [-0.2, 0) is 6.42 Å². The first-order valence-electron chi connectivity index (χ1n) is 3.48. The Morgan fingerprint density at radius 1 is 1.45 bits per heavy atom. The molecule has 0 fully saturated rings. The number of nitrogen functional groups attached to an aromatic ring is 1. The van der Waals surface area contributed by atoms with Gasteiger partial charge < -0.3 is 5.73 Å². The van der Waals surface area contributed by atoms with Crippen LogP contribution in [0.15, 0.2) is 17.0 Å². The molecule has 2 N–H and O–H groups in total. The lowest BCUT2D eigenvalue weighted by molar-refractivity contribution is 0.600. The van der Waals surface area contributed by atoms with Crippen molar-refractivity contribution >= 4 is 17.4 Å². The van der Waals surface area contributed by atoms with Gasteiger partial charge in [-0.1, -0.05) is 0 Å². The van der Waals surface area contributed by atoms with Gasteiger partial charge in [-0.05, 0) is 24.1 Å². The normalized spacial score (nSPS) is 15.0. The molecule has 0 unspecified atom stereocenters. The Hall–Kier alpha value is -0.700. The molecule has 1 heterocycles. The van der Waals surface area contributed by atoms with Gasteiger partial charge in [-0.15, -0.1) is 11.8 Å². The van der Waals surface area contributed by atoms with Crippen LogP contribution in [0, 0.1) is 5.82 Å². The summed E-state index contributed by atoms with van der Waals surface area (Å²) in [5.74, 6) is 0.831. The van der Waals surface area contributed by atoms with E-state index >= 15 is 0 Å². The van der Waals surface area contributed by atoms with Crippen molar-refractivity contribution < 1.29 is 4.39 Å². The van der Waals surface area contributed by atoms with Crippen LogP contribution in [0.25, 0.3) is 0 Å². The van der Waals surface area contributed by atoms with Gasteiger partial charge in [-0.2, -0.15) is 0 Å². The molecule has 1 aromatic carbocycles. The number of fused-ring (bicyclic) bond motifs is 1. The van der Waals surface area contributed by atoms with Gasteiger partial charge in [0.2, 0.25) is 0 Å². The average molecular weight is 169 g/mol. The molecule has 0 aromatic heterocycles. The third kappa shape index (κ3) is 0.997. The van der Waals surface area contributed by atoms with Gasteiger partial charge in [0.05, 0.1) is 0 Å². The van der Waals surface area contributed by atoms with Crippen molar-refractivity contribution in [1.82, 2.24) is 0 Å². The lowest BCUT2D eigenvalue weighted by Crippen LogP contribution is -1.93. The van der Waals surface area contributed by atoms with Crippen LogP contribution in [0.2, 0.25) is 0 Å². The van der Waals surface area contributed by atoms with Gasteiger partial charge >= 0.3 is 0 Å². The van der Waals surface area contributed by atoms with Crippen molar-refractivity contribution in [2.75, 3.05) is 11.5 Å². The van der Waals surface area contributed by atoms with Crippen LogP contribution >= 0.6 is 11.8 Å². The second-order valence-corrected chi connectivity index (χ2v) is 3.65. The third-order valence-corrected chi connectivity index (χ3v) is 2.99. The van der Waals surface area contributed by atoms with E-state index in [0.717, 1.165) is 28.3 Å². The van der Waals surface area contributed by atoms with Gasteiger partial charge in [0, 0.05) is 16.3 Å². The summed E-state index contributed by atoms with van der Waals surface area (Å²) >= 11 is 1.55. The first-order chi connectivity index (χ1) is 5.29. The van der Waals surface area contributed by atoms with Gasteiger partial charge in [-0.3, -0.25) is 0 Å². The number of hydrogen-bond acceptors (Lipinski definition) is 2. The predicted molar refractivity (Wildman–Crippen MR) is 45.2 cm³/mol. The van der Waals surface area contributed by atoms with Crippen LogP contribution in [0.4, 0.5) is 10.1 Å². The highest BCUT2D eigenvalue weighted by atomic mass is 32.2. The third-order valence-electron chi connectivity index (χ3n) is 1.85. The van der Waals surface area contributed by atoms with E-state index in [1.54, 1.807) is 17.8 Å². The molecule has 0 aliphatic carbocycles. The molecule has 0 atom stereocenters. The van der Waals surface area contributed by atoms with Crippen molar-refractivity contribution in [3.63, 3.8) is 0 Å². The number of anilines is 1. The Morgan fingerprint density at radius 2 is 2.27 bits per heavy atom. The second-order valence-electron chi connectivity index (χ2n) is 2.54. The molecule has 0 bridgehead atoms. The lowest BCUT2D eigenvalue weighted by Gasteiger charge is -2.02. The maximum absolute atomic E-state index is 13.0. The zero-order valence-electron chi connectivity index (χ0n) is 5.93.